The third-order valence-electron chi connectivity index (χ3n) is 2.12. The highest BCUT2D eigenvalue weighted by Gasteiger charge is 2.29. The summed E-state index contributed by atoms with van der Waals surface area (Å²) in [7, 11) is 0. The fourth-order valence-electron chi connectivity index (χ4n) is 1.36. The number of amides is 1. The molecule has 2 rings (SSSR count). The van der Waals surface area contributed by atoms with E-state index in [-0.39, 0.29) is 18.1 Å². The van der Waals surface area contributed by atoms with Crippen LogP contribution >= 0.6 is 11.3 Å². The third kappa shape index (κ3) is 1.50. The summed E-state index contributed by atoms with van der Waals surface area (Å²) >= 11 is 1.40. The first-order chi connectivity index (χ1) is 6.70. The first-order valence-electron chi connectivity index (χ1n) is 4.27. The molecule has 2 unspecified atom stereocenters. The summed E-state index contributed by atoms with van der Waals surface area (Å²) in [6, 6.07) is 5.53. The topological polar surface area (TPSA) is 64.9 Å². The fraction of sp³-hybridized carbons (Fsp3) is 0.333. The number of nitrogens with one attached hydrogen (secondary N) is 2. The third-order valence-corrected chi connectivity index (χ3v) is 3.17. The standard InChI is InChI=1S/C9H9N3OS/c1-5-9(13)12-8(11-5)7-3-2-6(4-10)14-7/h2-3,5,8,11H,1H3,(H,12,13). The molecule has 1 amide bonds. The molecule has 5 heteroatoms. The average molecular weight is 207 g/mol. The molecule has 0 spiro atoms. The highest BCUT2D eigenvalue weighted by molar-refractivity contribution is 7.12. The van der Waals surface area contributed by atoms with Crippen molar-refractivity contribution in [3.63, 3.8) is 0 Å². The molecule has 0 radical (unpaired) electrons. The van der Waals surface area contributed by atoms with Gasteiger partial charge in [0.15, 0.2) is 0 Å². The smallest absolute Gasteiger partial charge is 0.238 e. The Morgan fingerprint density at radius 3 is 2.86 bits per heavy atom. The van der Waals surface area contributed by atoms with Gasteiger partial charge in [0.1, 0.15) is 17.1 Å². The van der Waals surface area contributed by atoms with E-state index in [4.69, 9.17) is 5.26 Å². The Bertz CT molecular complexity index is 406. The van der Waals surface area contributed by atoms with Gasteiger partial charge in [-0.25, -0.2) is 0 Å². The van der Waals surface area contributed by atoms with E-state index in [2.05, 4.69) is 16.7 Å². The first kappa shape index (κ1) is 9.19. The van der Waals surface area contributed by atoms with Gasteiger partial charge in [-0.2, -0.15) is 5.26 Å². The second kappa shape index (κ2) is 3.40. The zero-order chi connectivity index (χ0) is 10.1. The second-order valence-corrected chi connectivity index (χ2v) is 4.26. The van der Waals surface area contributed by atoms with Crippen molar-refractivity contribution < 1.29 is 4.79 Å². The lowest BCUT2D eigenvalue weighted by atomic mass is 10.3. The molecule has 1 aliphatic heterocycles. The van der Waals surface area contributed by atoms with Gasteiger partial charge in [0.2, 0.25) is 5.91 Å². The van der Waals surface area contributed by atoms with Crippen LogP contribution in [0.15, 0.2) is 12.1 Å². The van der Waals surface area contributed by atoms with Crippen LogP contribution < -0.4 is 10.6 Å². The zero-order valence-electron chi connectivity index (χ0n) is 7.57. The lowest BCUT2D eigenvalue weighted by molar-refractivity contribution is -0.120. The lowest BCUT2D eigenvalue weighted by Gasteiger charge is -2.06. The van der Waals surface area contributed by atoms with Gasteiger partial charge in [-0.05, 0) is 19.1 Å². The van der Waals surface area contributed by atoms with Crippen molar-refractivity contribution in [2.75, 3.05) is 0 Å². The van der Waals surface area contributed by atoms with Crippen LogP contribution in [0.5, 0.6) is 0 Å². The predicted molar refractivity (Wildman–Crippen MR) is 52.5 cm³/mol. The number of rotatable bonds is 1. The van der Waals surface area contributed by atoms with E-state index in [1.165, 1.54) is 11.3 Å². The minimum Gasteiger partial charge on any atom is -0.335 e. The Labute approximate surface area is 85.5 Å². The molecule has 0 aromatic carbocycles. The summed E-state index contributed by atoms with van der Waals surface area (Å²) in [6.45, 7) is 1.81. The Hall–Kier alpha value is -1.38. The second-order valence-electron chi connectivity index (χ2n) is 3.14. The van der Waals surface area contributed by atoms with Gasteiger partial charge in [0.05, 0.1) is 6.04 Å². The summed E-state index contributed by atoms with van der Waals surface area (Å²) in [5, 5.41) is 14.6. The molecule has 1 aliphatic rings. The van der Waals surface area contributed by atoms with Crippen molar-refractivity contribution in [2.45, 2.75) is 19.1 Å². The van der Waals surface area contributed by atoms with Gasteiger partial charge in [0.25, 0.3) is 0 Å². The Kier molecular flexibility index (Phi) is 2.23. The molecule has 1 saturated heterocycles. The summed E-state index contributed by atoms with van der Waals surface area (Å²) in [4.78, 5) is 12.8. The molecule has 4 nitrogen and oxygen atoms in total. The number of hydrogen-bond donors (Lipinski definition) is 2. The van der Waals surface area contributed by atoms with E-state index in [1.807, 2.05) is 13.0 Å². The van der Waals surface area contributed by atoms with E-state index < -0.39 is 0 Å². The van der Waals surface area contributed by atoms with E-state index >= 15 is 0 Å². The van der Waals surface area contributed by atoms with Crippen LogP contribution in [0.3, 0.4) is 0 Å². The van der Waals surface area contributed by atoms with Crippen molar-refractivity contribution in [1.29, 1.82) is 5.26 Å². The number of carbonyl (C=O) groups is 1. The largest absolute Gasteiger partial charge is 0.335 e. The molecule has 1 fully saturated rings. The van der Waals surface area contributed by atoms with Gasteiger partial charge in [-0.3, -0.25) is 10.1 Å². The van der Waals surface area contributed by atoms with Crippen molar-refractivity contribution in [3.8, 4) is 6.07 Å². The Morgan fingerprint density at radius 2 is 2.36 bits per heavy atom. The van der Waals surface area contributed by atoms with E-state index in [0.717, 1.165) is 4.88 Å². The molecule has 2 heterocycles. The van der Waals surface area contributed by atoms with Crippen molar-refractivity contribution in [3.05, 3.63) is 21.9 Å². The molecular formula is C9H9N3OS. The molecule has 1 aromatic heterocycles. The lowest BCUT2D eigenvalue weighted by Crippen LogP contribution is -2.24. The van der Waals surface area contributed by atoms with Crippen LogP contribution in [-0.4, -0.2) is 11.9 Å². The first-order valence-corrected chi connectivity index (χ1v) is 5.08. The molecule has 14 heavy (non-hydrogen) atoms. The van der Waals surface area contributed by atoms with Crippen LogP contribution in [-0.2, 0) is 4.79 Å². The minimum absolute atomic E-state index is 0.00177. The molecule has 2 N–H and O–H groups in total. The molecule has 72 valence electrons. The number of thiophene rings is 1. The summed E-state index contributed by atoms with van der Waals surface area (Å²) in [5.41, 5.74) is 0. The number of nitriles is 1. The van der Waals surface area contributed by atoms with Crippen LogP contribution in [0.4, 0.5) is 0 Å². The van der Waals surface area contributed by atoms with Crippen molar-refractivity contribution >= 4 is 17.2 Å². The Balaban J connectivity index is 2.18. The van der Waals surface area contributed by atoms with Crippen LogP contribution in [0, 0.1) is 11.3 Å². The minimum atomic E-state index is -0.160. The molecule has 1 aromatic rings. The molecule has 0 saturated carbocycles. The summed E-state index contributed by atoms with van der Waals surface area (Å²) in [5.74, 6) is 0.00177. The van der Waals surface area contributed by atoms with E-state index in [0.29, 0.717) is 4.88 Å². The van der Waals surface area contributed by atoms with Gasteiger partial charge < -0.3 is 5.32 Å². The molecule has 2 atom stereocenters. The molecular weight excluding hydrogens is 198 g/mol. The van der Waals surface area contributed by atoms with Gasteiger partial charge in [0, 0.05) is 4.88 Å². The van der Waals surface area contributed by atoms with Crippen LogP contribution in [0.2, 0.25) is 0 Å². The molecule has 0 bridgehead atoms. The number of nitrogens with zero attached hydrogens (tertiary/aromatic N) is 1. The van der Waals surface area contributed by atoms with Crippen LogP contribution in [0.25, 0.3) is 0 Å². The maximum Gasteiger partial charge on any atom is 0.238 e. The Morgan fingerprint density at radius 1 is 1.57 bits per heavy atom. The monoisotopic (exact) mass is 207 g/mol. The zero-order valence-corrected chi connectivity index (χ0v) is 8.39. The van der Waals surface area contributed by atoms with E-state index in [1.54, 1.807) is 6.07 Å². The number of hydrogen-bond acceptors (Lipinski definition) is 4. The molecule has 0 aliphatic carbocycles. The average Bonchev–Trinajstić information content (AvgIpc) is 2.74. The maximum absolute atomic E-state index is 11.2. The summed E-state index contributed by atoms with van der Waals surface area (Å²) in [6.07, 6.45) is -0.135. The SMILES string of the molecule is CC1NC(c2ccc(C#N)s2)NC1=O. The highest BCUT2D eigenvalue weighted by atomic mass is 32.1. The fourth-order valence-corrected chi connectivity index (χ4v) is 2.17. The van der Waals surface area contributed by atoms with Crippen molar-refractivity contribution in [1.82, 2.24) is 10.6 Å². The van der Waals surface area contributed by atoms with Gasteiger partial charge in [-0.15, -0.1) is 11.3 Å². The summed E-state index contributed by atoms with van der Waals surface area (Å²) < 4.78 is 0. The number of carbonyl (C=O) groups excluding carboxylic acids is 1. The van der Waals surface area contributed by atoms with Crippen LogP contribution in [0.1, 0.15) is 22.8 Å². The quantitative estimate of drug-likeness (QED) is 0.713. The van der Waals surface area contributed by atoms with E-state index in [9.17, 15) is 4.79 Å². The van der Waals surface area contributed by atoms with Crippen molar-refractivity contribution in [2.24, 2.45) is 0 Å². The normalized spacial score (nSPS) is 25.9. The van der Waals surface area contributed by atoms with Gasteiger partial charge in [-0.1, -0.05) is 0 Å². The highest BCUT2D eigenvalue weighted by Crippen LogP contribution is 2.23. The van der Waals surface area contributed by atoms with Gasteiger partial charge >= 0.3 is 0 Å². The maximum atomic E-state index is 11.2. The predicted octanol–water partition coefficient (Wildman–Crippen LogP) is 0.726.